The monoisotopic (exact) mass is 398 g/mol. The molecule has 1 saturated heterocycles. The highest BCUT2D eigenvalue weighted by Gasteiger charge is 2.19. The molecule has 1 aliphatic rings. The van der Waals surface area contributed by atoms with E-state index in [1.54, 1.807) is 24.3 Å². The molecule has 2 aromatic rings. The fourth-order valence-corrected chi connectivity index (χ4v) is 3.23. The highest BCUT2D eigenvalue weighted by molar-refractivity contribution is 6.33. The van der Waals surface area contributed by atoms with Crippen LogP contribution in [0.3, 0.4) is 0 Å². The molecule has 6 nitrogen and oxygen atoms in total. The van der Waals surface area contributed by atoms with Crippen LogP contribution in [0.25, 0.3) is 0 Å². The number of para-hydroxylation sites is 1. The van der Waals surface area contributed by atoms with Crippen molar-refractivity contribution in [2.24, 2.45) is 0 Å². The van der Waals surface area contributed by atoms with Crippen LogP contribution < -0.4 is 10.1 Å². The number of anilines is 1. The number of nitriles is 1. The number of hydrogen-bond acceptors (Lipinski definition) is 5. The number of nitrogens with zero attached hydrogens (tertiary/aromatic N) is 3. The van der Waals surface area contributed by atoms with E-state index in [2.05, 4.69) is 21.2 Å². The van der Waals surface area contributed by atoms with Gasteiger partial charge < -0.3 is 10.1 Å². The van der Waals surface area contributed by atoms with Crippen LogP contribution in [-0.2, 0) is 4.79 Å². The Morgan fingerprint density at radius 3 is 2.43 bits per heavy atom. The summed E-state index contributed by atoms with van der Waals surface area (Å²) in [6.45, 7) is 5.27. The summed E-state index contributed by atoms with van der Waals surface area (Å²) >= 11 is 6.08. The van der Waals surface area contributed by atoms with Gasteiger partial charge in [0.05, 0.1) is 28.9 Å². The van der Waals surface area contributed by atoms with Gasteiger partial charge in [0.2, 0.25) is 5.91 Å². The molecule has 3 rings (SSSR count). The zero-order valence-electron chi connectivity index (χ0n) is 15.6. The number of carbonyl (C=O) groups excluding carboxylic acids is 1. The smallest absolute Gasteiger partial charge is 0.238 e. The molecule has 146 valence electrons. The topological polar surface area (TPSA) is 68.6 Å². The van der Waals surface area contributed by atoms with Crippen LogP contribution >= 0.6 is 11.6 Å². The van der Waals surface area contributed by atoms with E-state index < -0.39 is 0 Å². The third-order valence-corrected chi connectivity index (χ3v) is 4.97. The Hall–Kier alpha value is -2.59. The Bertz CT molecular complexity index is 827. The molecular weight excluding hydrogens is 376 g/mol. The van der Waals surface area contributed by atoms with Crippen LogP contribution in [0.1, 0.15) is 5.56 Å². The number of amides is 1. The van der Waals surface area contributed by atoms with Crippen molar-refractivity contribution in [2.45, 2.75) is 0 Å². The molecule has 1 amide bonds. The highest BCUT2D eigenvalue weighted by atomic mass is 35.5. The van der Waals surface area contributed by atoms with Gasteiger partial charge in [-0.15, -0.1) is 0 Å². The Balaban J connectivity index is 1.34. The predicted octanol–water partition coefficient (Wildman–Crippen LogP) is 2.85. The minimum absolute atomic E-state index is 0.0503. The van der Waals surface area contributed by atoms with Crippen LogP contribution in [0.4, 0.5) is 5.69 Å². The largest absolute Gasteiger partial charge is 0.492 e. The summed E-state index contributed by atoms with van der Waals surface area (Å²) in [6, 6.07) is 16.5. The molecule has 0 saturated carbocycles. The van der Waals surface area contributed by atoms with Crippen molar-refractivity contribution in [3.8, 4) is 11.8 Å². The van der Waals surface area contributed by atoms with Gasteiger partial charge in [0, 0.05) is 32.7 Å². The van der Waals surface area contributed by atoms with Crippen molar-refractivity contribution < 1.29 is 9.53 Å². The first-order chi connectivity index (χ1) is 13.6. The number of halogens is 1. The Kier molecular flexibility index (Phi) is 7.26. The molecule has 1 heterocycles. The molecule has 0 unspecified atom stereocenters. The maximum Gasteiger partial charge on any atom is 0.238 e. The lowest BCUT2D eigenvalue weighted by atomic mass is 10.2. The predicted molar refractivity (Wildman–Crippen MR) is 110 cm³/mol. The SMILES string of the molecule is N#Cc1ccc(OCCN2CCN(CC(=O)Nc3ccccc3Cl)CC2)cc1. The van der Waals surface area contributed by atoms with Gasteiger partial charge >= 0.3 is 0 Å². The second-order valence-corrected chi connectivity index (χ2v) is 7.04. The lowest BCUT2D eigenvalue weighted by Gasteiger charge is -2.34. The zero-order valence-corrected chi connectivity index (χ0v) is 16.4. The van der Waals surface area contributed by atoms with Crippen molar-refractivity contribution in [3.05, 3.63) is 59.1 Å². The number of carbonyl (C=O) groups is 1. The zero-order chi connectivity index (χ0) is 19.8. The van der Waals surface area contributed by atoms with Crippen LogP contribution in [0.15, 0.2) is 48.5 Å². The van der Waals surface area contributed by atoms with Crippen molar-refractivity contribution in [1.82, 2.24) is 9.80 Å². The van der Waals surface area contributed by atoms with E-state index >= 15 is 0 Å². The fraction of sp³-hybridized carbons (Fsp3) is 0.333. The number of piperazine rings is 1. The van der Waals surface area contributed by atoms with E-state index in [4.69, 9.17) is 21.6 Å². The molecule has 2 aromatic carbocycles. The third-order valence-electron chi connectivity index (χ3n) is 4.64. The number of rotatable bonds is 7. The molecule has 0 radical (unpaired) electrons. The summed E-state index contributed by atoms with van der Waals surface area (Å²) in [5.74, 6) is 0.722. The lowest BCUT2D eigenvalue weighted by molar-refractivity contribution is -0.117. The van der Waals surface area contributed by atoms with Crippen molar-refractivity contribution in [3.63, 3.8) is 0 Å². The van der Waals surface area contributed by atoms with Crippen LogP contribution in [-0.4, -0.2) is 61.6 Å². The number of nitrogens with one attached hydrogen (secondary N) is 1. The Morgan fingerprint density at radius 1 is 1.07 bits per heavy atom. The van der Waals surface area contributed by atoms with Crippen molar-refractivity contribution in [1.29, 1.82) is 5.26 Å². The molecule has 0 atom stereocenters. The molecule has 28 heavy (non-hydrogen) atoms. The normalized spacial score (nSPS) is 15.0. The molecule has 1 N–H and O–H groups in total. The van der Waals surface area contributed by atoms with E-state index in [1.807, 2.05) is 24.3 Å². The summed E-state index contributed by atoms with van der Waals surface area (Å²) < 4.78 is 5.74. The van der Waals surface area contributed by atoms with E-state index in [9.17, 15) is 4.79 Å². The maximum atomic E-state index is 12.2. The van der Waals surface area contributed by atoms with Crippen LogP contribution in [0.5, 0.6) is 5.75 Å². The van der Waals surface area contributed by atoms with Gasteiger partial charge in [-0.05, 0) is 36.4 Å². The van der Waals surface area contributed by atoms with E-state index in [-0.39, 0.29) is 5.91 Å². The number of hydrogen-bond donors (Lipinski definition) is 1. The first-order valence-corrected chi connectivity index (χ1v) is 9.64. The van der Waals surface area contributed by atoms with Gasteiger partial charge in [0.25, 0.3) is 0 Å². The standard InChI is InChI=1S/C21H23ClN4O2/c22-19-3-1-2-4-20(19)24-21(27)16-26-11-9-25(10-12-26)13-14-28-18-7-5-17(15-23)6-8-18/h1-8H,9-14,16H2,(H,24,27). The van der Waals surface area contributed by atoms with Crippen LogP contribution in [0.2, 0.25) is 5.02 Å². The highest BCUT2D eigenvalue weighted by Crippen LogP contribution is 2.20. The summed E-state index contributed by atoms with van der Waals surface area (Å²) in [6.07, 6.45) is 0. The molecule has 0 aromatic heterocycles. The van der Waals surface area contributed by atoms with E-state index in [0.29, 0.717) is 29.4 Å². The first kappa shape index (κ1) is 20.2. The third kappa shape index (κ3) is 5.96. The number of ether oxygens (including phenoxy) is 1. The summed E-state index contributed by atoms with van der Waals surface area (Å²) in [7, 11) is 0. The first-order valence-electron chi connectivity index (χ1n) is 9.26. The van der Waals surface area contributed by atoms with Crippen molar-refractivity contribution in [2.75, 3.05) is 51.2 Å². The average Bonchev–Trinajstić information content (AvgIpc) is 2.71. The molecule has 0 aliphatic carbocycles. The number of benzene rings is 2. The van der Waals surface area contributed by atoms with Gasteiger partial charge in [-0.25, -0.2) is 0 Å². The minimum Gasteiger partial charge on any atom is -0.492 e. The second kappa shape index (κ2) is 10.1. The molecule has 0 bridgehead atoms. The Morgan fingerprint density at radius 2 is 1.75 bits per heavy atom. The average molecular weight is 399 g/mol. The molecule has 0 spiro atoms. The lowest BCUT2D eigenvalue weighted by Crippen LogP contribution is -2.49. The summed E-state index contributed by atoms with van der Waals surface area (Å²) in [5.41, 5.74) is 1.27. The molecule has 1 aliphatic heterocycles. The van der Waals surface area contributed by atoms with Crippen LogP contribution in [0, 0.1) is 11.3 Å². The second-order valence-electron chi connectivity index (χ2n) is 6.63. The maximum absolute atomic E-state index is 12.2. The van der Waals surface area contributed by atoms with Gasteiger partial charge in [-0.2, -0.15) is 5.26 Å². The molecule has 7 heteroatoms. The summed E-state index contributed by atoms with van der Waals surface area (Å²) in [5, 5.41) is 12.2. The van der Waals surface area contributed by atoms with E-state index in [0.717, 1.165) is 38.5 Å². The molecule has 1 fully saturated rings. The van der Waals surface area contributed by atoms with Gasteiger partial charge in [0.1, 0.15) is 12.4 Å². The van der Waals surface area contributed by atoms with Gasteiger partial charge in [-0.3, -0.25) is 14.6 Å². The van der Waals surface area contributed by atoms with E-state index in [1.165, 1.54) is 0 Å². The van der Waals surface area contributed by atoms with Gasteiger partial charge in [-0.1, -0.05) is 23.7 Å². The van der Waals surface area contributed by atoms with Gasteiger partial charge in [0.15, 0.2) is 0 Å². The van der Waals surface area contributed by atoms with Crippen molar-refractivity contribution >= 4 is 23.2 Å². The quantitative estimate of drug-likeness (QED) is 0.776. The fourth-order valence-electron chi connectivity index (χ4n) is 3.04. The summed E-state index contributed by atoms with van der Waals surface area (Å²) in [4.78, 5) is 16.7. The molecular formula is C21H23ClN4O2. The minimum atomic E-state index is -0.0503. The Labute approximate surface area is 170 Å².